The highest BCUT2D eigenvalue weighted by molar-refractivity contribution is 5.36. The topological polar surface area (TPSA) is 63.9 Å². The first-order valence-corrected chi connectivity index (χ1v) is 8.81. The summed E-state index contributed by atoms with van der Waals surface area (Å²) in [5.41, 5.74) is 2.05. The lowest BCUT2D eigenvalue weighted by atomic mass is 9.97. The molecule has 2 aromatic rings. The summed E-state index contributed by atoms with van der Waals surface area (Å²) in [5.74, 6) is 2.04. The Labute approximate surface area is 141 Å². The first kappa shape index (κ1) is 15.3. The molecule has 0 atom stereocenters. The molecule has 3 heterocycles. The standard InChI is InChI=1S/C18H23N5O/c1-13-10-19-11-17(20-13)22-8-6-14(7-9-22)12-23-18(24)5-4-16(21-23)15-2-3-15/h4-5,10-11,14-15H,2-3,6-9,12H2,1H3. The lowest BCUT2D eigenvalue weighted by Crippen LogP contribution is -2.37. The van der Waals surface area contributed by atoms with Crippen LogP contribution in [0.4, 0.5) is 5.82 Å². The number of nitrogens with zero attached hydrogens (tertiary/aromatic N) is 5. The lowest BCUT2D eigenvalue weighted by Gasteiger charge is -2.32. The first-order valence-electron chi connectivity index (χ1n) is 8.81. The van der Waals surface area contributed by atoms with Gasteiger partial charge < -0.3 is 4.90 Å². The second kappa shape index (κ2) is 6.34. The highest BCUT2D eigenvalue weighted by Crippen LogP contribution is 2.38. The van der Waals surface area contributed by atoms with Gasteiger partial charge in [-0.05, 0) is 44.6 Å². The zero-order valence-electron chi connectivity index (χ0n) is 14.1. The maximum atomic E-state index is 12.1. The monoisotopic (exact) mass is 325 g/mol. The van der Waals surface area contributed by atoms with Crippen LogP contribution in [-0.2, 0) is 6.54 Å². The summed E-state index contributed by atoms with van der Waals surface area (Å²) >= 11 is 0. The Hall–Kier alpha value is -2.24. The minimum atomic E-state index is 0.0198. The van der Waals surface area contributed by atoms with Gasteiger partial charge in [-0.25, -0.2) is 9.67 Å². The van der Waals surface area contributed by atoms with Crippen molar-refractivity contribution >= 4 is 5.82 Å². The molecule has 6 nitrogen and oxygen atoms in total. The molecule has 1 saturated heterocycles. The average Bonchev–Trinajstić information content (AvgIpc) is 3.43. The van der Waals surface area contributed by atoms with Crippen LogP contribution in [0.15, 0.2) is 29.3 Å². The zero-order chi connectivity index (χ0) is 16.5. The van der Waals surface area contributed by atoms with Crippen LogP contribution in [0.5, 0.6) is 0 Å². The van der Waals surface area contributed by atoms with Gasteiger partial charge in [-0.2, -0.15) is 5.10 Å². The maximum absolute atomic E-state index is 12.1. The van der Waals surface area contributed by atoms with Crippen LogP contribution in [0.2, 0.25) is 0 Å². The molecule has 1 aliphatic heterocycles. The van der Waals surface area contributed by atoms with E-state index in [9.17, 15) is 4.79 Å². The van der Waals surface area contributed by atoms with Crippen LogP contribution < -0.4 is 10.5 Å². The molecule has 0 unspecified atom stereocenters. The molecular weight excluding hydrogens is 302 g/mol. The average molecular weight is 325 g/mol. The minimum Gasteiger partial charge on any atom is -0.355 e. The van der Waals surface area contributed by atoms with E-state index in [1.807, 2.05) is 19.2 Å². The van der Waals surface area contributed by atoms with Crippen LogP contribution in [0.25, 0.3) is 0 Å². The normalized spacial score (nSPS) is 18.8. The first-order chi connectivity index (χ1) is 11.7. The van der Waals surface area contributed by atoms with E-state index in [0.717, 1.165) is 49.7 Å². The van der Waals surface area contributed by atoms with E-state index in [-0.39, 0.29) is 5.56 Å². The molecule has 0 amide bonds. The largest absolute Gasteiger partial charge is 0.355 e. The van der Waals surface area contributed by atoms with Crippen LogP contribution >= 0.6 is 0 Å². The molecule has 0 radical (unpaired) electrons. The molecule has 2 aliphatic rings. The van der Waals surface area contributed by atoms with E-state index in [2.05, 4.69) is 20.0 Å². The molecule has 6 heteroatoms. The second-order valence-corrected chi connectivity index (χ2v) is 7.00. The number of piperidine rings is 1. The summed E-state index contributed by atoms with van der Waals surface area (Å²) in [7, 11) is 0. The summed E-state index contributed by atoms with van der Waals surface area (Å²) in [5, 5.41) is 4.59. The summed E-state index contributed by atoms with van der Waals surface area (Å²) in [6.45, 7) is 4.61. The Morgan fingerprint density at radius 1 is 1.12 bits per heavy atom. The predicted molar refractivity (Wildman–Crippen MR) is 92.2 cm³/mol. The second-order valence-electron chi connectivity index (χ2n) is 7.00. The number of hydrogen-bond acceptors (Lipinski definition) is 5. The smallest absolute Gasteiger partial charge is 0.266 e. The Kier molecular flexibility index (Phi) is 4.04. The Morgan fingerprint density at radius 3 is 2.62 bits per heavy atom. The maximum Gasteiger partial charge on any atom is 0.266 e. The van der Waals surface area contributed by atoms with E-state index in [4.69, 9.17) is 0 Å². The number of rotatable bonds is 4. The van der Waals surface area contributed by atoms with Gasteiger partial charge in [-0.15, -0.1) is 0 Å². The summed E-state index contributed by atoms with van der Waals surface area (Å²) in [6, 6.07) is 3.58. The van der Waals surface area contributed by atoms with Crippen LogP contribution in [0.3, 0.4) is 0 Å². The van der Waals surface area contributed by atoms with Crippen molar-refractivity contribution in [3.8, 4) is 0 Å². The highest BCUT2D eigenvalue weighted by atomic mass is 16.1. The molecule has 126 valence electrons. The van der Waals surface area contributed by atoms with Crippen molar-refractivity contribution in [2.24, 2.45) is 5.92 Å². The molecule has 4 rings (SSSR count). The zero-order valence-corrected chi connectivity index (χ0v) is 14.1. The molecule has 0 N–H and O–H groups in total. The number of aryl methyl sites for hydroxylation is 1. The fraction of sp³-hybridized carbons (Fsp3) is 0.556. The predicted octanol–water partition coefficient (Wildman–Crippen LogP) is 2.14. The third-order valence-electron chi connectivity index (χ3n) is 4.99. The summed E-state index contributed by atoms with van der Waals surface area (Å²) in [6.07, 6.45) is 8.14. The molecule has 2 aromatic heterocycles. The van der Waals surface area contributed by atoms with Gasteiger partial charge in [0.05, 0.1) is 17.6 Å². The Morgan fingerprint density at radius 2 is 1.92 bits per heavy atom. The molecule has 2 fully saturated rings. The van der Waals surface area contributed by atoms with E-state index in [1.165, 1.54) is 12.8 Å². The Bertz CT molecular complexity index is 775. The number of aromatic nitrogens is 4. The molecule has 0 bridgehead atoms. The van der Waals surface area contributed by atoms with Gasteiger partial charge in [-0.3, -0.25) is 9.78 Å². The van der Waals surface area contributed by atoms with Crippen molar-refractivity contribution in [1.29, 1.82) is 0 Å². The molecule has 0 aromatic carbocycles. The molecule has 1 aliphatic carbocycles. The van der Waals surface area contributed by atoms with E-state index < -0.39 is 0 Å². The number of anilines is 1. The van der Waals surface area contributed by atoms with Crippen molar-refractivity contribution in [3.05, 3.63) is 46.3 Å². The van der Waals surface area contributed by atoms with Gasteiger partial charge in [-0.1, -0.05) is 0 Å². The lowest BCUT2D eigenvalue weighted by molar-refractivity contribution is 0.332. The van der Waals surface area contributed by atoms with Crippen molar-refractivity contribution in [1.82, 2.24) is 19.7 Å². The van der Waals surface area contributed by atoms with Crippen molar-refractivity contribution in [3.63, 3.8) is 0 Å². The number of hydrogen-bond donors (Lipinski definition) is 0. The van der Waals surface area contributed by atoms with Crippen LogP contribution in [0, 0.1) is 12.8 Å². The van der Waals surface area contributed by atoms with Gasteiger partial charge in [0.1, 0.15) is 5.82 Å². The van der Waals surface area contributed by atoms with E-state index >= 15 is 0 Å². The summed E-state index contributed by atoms with van der Waals surface area (Å²) < 4.78 is 1.68. The van der Waals surface area contributed by atoms with Gasteiger partial charge in [0.25, 0.3) is 5.56 Å². The third kappa shape index (κ3) is 3.32. The van der Waals surface area contributed by atoms with E-state index in [0.29, 0.717) is 11.8 Å². The third-order valence-corrected chi connectivity index (χ3v) is 4.99. The fourth-order valence-corrected chi connectivity index (χ4v) is 3.38. The van der Waals surface area contributed by atoms with Gasteiger partial charge in [0, 0.05) is 37.8 Å². The minimum absolute atomic E-state index is 0.0198. The van der Waals surface area contributed by atoms with Crippen molar-refractivity contribution in [2.75, 3.05) is 18.0 Å². The summed E-state index contributed by atoms with van der Waals surface area (Å²) in [4.78, 5) is 23.2. The molecule has 1 saturated carbocycles. The van der Waals surface area contributed by atoms with E-state index in [1.54, 1.807) is 16.9 Å². The molecule has 24 heavy (non-hydrogen) atoms. The van der Waals surface area contributed by atoms with Gasteiger partial charge in [0.15, 0.2) is 0 Å². The van der Waals surface area contributed by atoms with Gasteiger partial charge in [0.2, 0.25) is 0 Å². The quantitative estimate of drug-likeness (QED) is 0.862. The SMILES string of the molecule is Cc1cncc(N2CCC(Cn3nc(C4CC4)ccc3=O)CC2)n1. The van der Waals surface area contributed by atoms with Crippen LogP contribution in [0.1, 0.15) is 43.0 Å². The van der Waals surface area contributed by atoms with Gasteiger partial charge >= 0.3 is 0 Å². The highest BCUT2D eigenvalue weighted by Gasteiger charge is 2.26. The van der Waals surface area contributed by atoms with Crippen molar-refractivity contribution in [2.45, 2.75) is 45.1 Å². The molecule has 0 spiro atoms. The molecular formula is C18H23N5O. The fourth-order valence-electron chi connectivity index (χ4n) is 3.38. The Balaban J connectivity index is 1.40. The van der Waals surface area contributed by atoms with Crippen LogP contribution in [-0.4, -0.2) is 32.8 Å². The van der Waals surface area contributed by atoms with Crippen molar-refractivity contribution < 1.29 is 0 Å².